The number of carbonyl (C=O) groups excluding carboxylic acids is 4. The molecule has 2 heterocycles. The Labute approximate surface area is 166 Å². The van der Waals surface area contributed by atoms with Gasteiger partial charge in [-0.05, 0) is 30.3 Å². The van der Waals surface area contributed by atoms with Gasteiger partial charge in [0.25, 0.3) is 11.8 Å². The lowest BCUT2D eigenvalue weighted by Crippen LogP contribution is -2.32. The molecular formula is C19H19N5O5. The number of hydroxylamine groups is 2. The van der Waals surface area contributed by atoms with Crippen LogP contribution in [0.15, 0.2) is 36.5 Å². The molecule has 1 aromatic carbocycles. The molecule has 2 N–H and O–H groups in total. The van der Waals surface area contributed by atoms with Crippen molar-refractivity contribution in [1.82, 2.24) is 10.0 Å². The normalized spacial score (nSPS) is 13.2. The van der Waals surface area contributed by atoms with Gasteiger partial charge < -0.3 is 9.74 Å². The maximum Gasteiger partial charge on any atom is 0.365 e. The molecular weight excluding hydrogens is 378 g/mol. The number of anilines is 3. The zero-order valence-electron chi connectivity index (χ0n) is 15.8. The monoisotopic (exact) mass is 397 g/mol. The SMILES string of the molecule is CN(C)c1ccc(C=O)c(NNc2ccc(C(=O)ON3C(=O)CCC3=O)cn2)c1. The highest BCUT2D eigenvalue weighted by molar-refractivity contribution is 6.02. The van der Waals surface area contributed by atoms with Gasteiger partial charge in [0.15, 0.2) is 6.29 Å². The molecule has 0 radical (unpaired) electrons. The fraction of sp³-hybridized carbons (Fsp3) is 0.211. The summed E-state index contributed by atoms with van der Waals surface area (Å²) in [5, 5.41) is 0.481. The number of amides is 2. The molecule has 2 amide bonds. The highest BCUT2D eigenvalue weighted by Gasteiger charge is 2.33. The number of rotatable bonds is 7. The van der Waals surface area contributed by atoms with E-state index in [4.69, 9.17) is 4.84 Å². The Morgan fingerprint density at radius 3 is 2.45 bits per heavy atom. The second-order valence-electron chi connectivity index (χ2n) is 6.43. The number of hydrogen-bond acceptors (Lipinski definition) is 9. The Bertz CT molecular complexity index is 942. The van der Waals surface area contributed by atoms with Crippen molar-refractivity contribution in [2.24, 2.45) is 0 Å². The summed E-state index contributed by atoms with van der Waals surface area (Å²) in [7, 11) is 3.77. The summed E-state index contributed by atoms with van der Waals surface area (Å²) in [5.74, 6) is -1.58. The lowest BCUT2D eigenvalue weighted by molar-refractivity contribution is -0.172. The van der Waals surface area contributed by atoms with Crippen LogP contribution in [0.1, 0.15) is 33.6 Å². The number of nitrogens with one attached hydrogen (secondary N) is 2. The van der Waals surface area contributed by atoms with Crippen molar-refractivity contribution in [2.75, 3.05) is 29.8 Å². The highest BCUT2D eigenvalue weighted by atomic mass is 16.7. The van der Waals surface area contributed by atoms with Crippen LogP contribution in [0.4, 0.5) is 17.2 Å². The third-order valence-corrected chi connectivity index (χ3v) is 4.18. The molecule has 0 bridgehead atoms. The molecule has 1 aliphatic rings. The van der Waals surface area contributed by atoms with E-state index in [1.165, 1.54) is 18.3 Å². The zero-order valence-corrected chi connectivity index (χ0v) is 15.8. The van der Waals surface area contributed by atoms with Crippen LogP contribution >= 0.6 is 0 Å². The van der Waals surface area contributed by atoms with Gasteiger partial charge in [-0.1, -0.05) is 0 Å². The van der Waals surface area contributed by atoms with E-state index in [0.29, 0.717) is 22.1 Å². The number of aldehydes is 1. The lowest BCUT2D eigenvalue weighted by Gasteiger charge is -2.16. The summed E-state index contributed by atoms with van der Waals surface area (Å²) in [4.78, 5) is 57.1. The van der Waals surface area contributed by atoms with Gasteiger partial charge in [-0.2, -0.15) is 0 Å². The van der Waals surface area contributed by atoms with Gasteiger partial charge in [0.1, 0.15) is 5.82 Å². The molecule has 10 nitrogen and oxygen atoms in total. The molecule has 150 valence electrons. The first kappa shape index (κ1) is 19.8. The third kappa shape index (κ3) is 4.49. The summed E-state index contributed by atoms with van der Waals surface area (Å²) < 4.78 is 0. The van der Waals surface area contributed by atoms with Gasteiger partial charge in [0.05, 0.1) is 11.3 Å². The molecule has 1 fully saturated rings. The zero-order chi connectivity index (χ0) is 21.0. The average Bonchev–Trinajstić information content (AvgIpc) is 3.04. The number of imide groups is 1. The fourth-order valence-corrected chi connectivity index (χ4v) is 2.55. The third-order valence-electron chi connectivity index (χ3n) is 4.18. The van der Waals surface area contributed by atoms with Crippen molar-refractivity contribution in [3.05, 3.63) is 47.7 Å². The summed E-state index contributed by atoms with van der Waals surface area (Å²) in [5.41, 5.74) is 7.75. The van der Waals surface area contributed by atoms with E-state index in [1.807, 2.05) is 25.1 Å². The molecule has 0 unspecified atom stereocenters. The molecule has 0 atom stereocenters. The molecule has 0 aliphatic carbocycles. The van der Waals surface area contributed by atoms with Crippen LogP contribution in [0.25, 0.3) is 0 Å². The standard InChI is InChI=1S/C19H19N5O5/c1-23(2)14-5-3-13(11-25)15(9-14)21-22-16-6-4-12(10-20-16)19(28)29-24-17(26)7-8-18(24)27/h3-6,9-11,21H,7-8H2,1-2H3,(H,20,22). The maximum absolute atomic E-state index is 12.1. The molecule has 2 aromatic rings. The first-order valence-corrected chi connectivity index (χ1v) is 8.72. The topological polar surface area (TPSA) is 121 Å². The van der Waals surface area contributed by atoms with Crippen molar-refractivity contribution < 1.29 is 24.0 Å². The quantitative estimate of drug-likeness (QED) is 0.408. The van der Waals surface area contributed by atoms with Crippen LogP contribution < -0.4 is 15.8 Å². The van der Waals surface area contributed by atoms with E-state index < -0.39 is 17.8 Å². The summed E-state index contributed by atoms with van der Waals surface area (Å²) in [6.07, 6.45) is 2.03. The van der Waals surface area contributed by atoms with E-state index in [1.54, 1.807) is 12.1 Å². The fourth-order valence-electron chi connectivity index (χ4n) is 2.55. The number of pyridine rings is 1. The number of hydrazine groups is 1. The second kappa shape index (κ2) is 8.38. The molecule has 10 heteroatoms. The van der Waals surface area contributed by atoms with Crippen LogP contribution in [0.5, 0.6) is 0 Å². The molecule has 29 heavy (non-hydrogen) atoms. The van der Waals surface area contributed by atoms with Gasteiger partial charge >= 0.3 is 5.97 Å². The van der Waals surface area contributed by atoms with Gasteiger partial charge in [-0.15, -0.1) is 5.06 Å². The van der Waals surface area contributed by atoms with Gasteiger partial charge in [0.2, 0.25) is 0 Å². The van der Waals surface area contributed by atoms with Crippen molar-refractivity contribution in [3.8, 4) is 0 Å². The van der Waals surface area contributed by atoms with Crippen LogP contribution in [0.3, 0.4) is 0 Å². The van der Waals surface area contributed by atoms with Crippen LogP contribution in [-0.2, 0) is 14.4 Å². The Kier molecular flexibility index (Phi) is 5.72. The number of hydrogen-bond donors (Lipinski definition) is 2. The van der Waals surface area contributed by atoms with Gasteiger partial charge in [-0.25, -0.2) is 9.78 Å². The van der Waals surface area contributed by atoms with Crippen molar-refractivity contribution in [2.45, 2.75) is 12.8 Å². The number of benzene rings is 1. The minimum atomic E-state index is -0.859. The van der Waals surface area contributed by atoms with E-state index in [9.17, 15) is 19.2 Å². The molecule has 1 aromatic heterocycles. The van der Waals surface area contributed by atoms with E-state index >= 15 is 0 Å². The number of nitrogens with zero attached hydrogens (tertiary/aromatic N) is 3. The second-order valence-corrected chi connectivity index (χ2v) is 6.43. The van der Waals surface area contributed by atoms with Crippen LogP contribution in [-0.4, -0.2) is 48.2 Å². The number of carbonyl (C=O) groups is 4. The predicted octanol–water partition coefficient (Wildman–Crippen LogP) is 1.62. The van der Waals surface area contributed by atoms with Crippen LogP contribution in [0.2, 0.25) is 0 Å². The minimum absolute atomic E-state index is 0.0245. The lowest BCUT2D eigenvalue weighted by atomic mass is 10.1. The minimum Gasteiger partial charge on any atom is -0.378 e. The van der Waals surface area contributed by atoms with Crippen LogP contribution in [0, 0.1) is 0 Å². The Morgan fingerprint density at radius 2 is 1.86 bits per heavy atom. The Hall–Kier alpha value is -3.95. The molecule has 1 saturated heterocycles. The Balaban J connectivity index is 1.64. The summed E-state index contributed by atoms with van der Waals surface area (Å²) >= 11 is 0. The highest BCUT2D eigenvalue weighted by Crippen LogP contribution is 2.22. The number of aromatic nitrogens is 1. The first-order chi connectivity index (χ1) is 13.9. The van der Waals surface area contributed by atoms with E-state index in [0.717, 1.165) is 12.0 Å². The molecule has 1 aliphatic heterocycles. The largest absolute Gasteiger partial charge is 0.378 e. The van der Waals surface area contributed by atoms with E-state index in [-0.39, 0.29) is 18.4 Å². The maximum atomic E-state index is 12.1. The average molecular weight is 397 g/mol. The van der Waals surface area contributed by atoms with Gasteiger partial charge in [-0.3, -0.25) is 25.2 Å². The molecule has 3 rings (SSSR count). The predicted molar refractivity (Wildman–Crippen MR) is 104 cm³/mol. The smallest absolute Gasteiger partial charge is 0.365 e. The van der Waals surface area contributed by atoms with Crippen molar-refractivity contribution in [1.29, 1.82) is 0 Å². The molecule has 0 saturated carbocycles. The molecule has 0 spiro atoms. The van der Waals surface area contributed by atoms with Crippen molar-refractivity contribution in [3.63, 3.8) is 0 Å². The summed E-state index contributed by atoms with van der Waals surface area (Å²) in [6.45, 7) is 0. The summed E-state index contributed by atoms with van der Waals surface area (Å²) in [6, 6.07) is 8.25. The van der Waals surface area contributed by atoms with Crippen molar-refractivity contribution >= 4 is 41.3 Å². The first-order valence-electron chi connectivity index (χ1n) is 8.72. The Morgan fingerprint density at radius 1 is 1.14 bits per heavy atom. The van der Waals surface area contributed by atoms with E-state index in [2.05, 4.69) is 15.8 Å². The van der Waals surface area contributed by atoms with Gasteiger partial charge in [0, 0.05) is 44.4 Å².